The van der Waals surface area contributed by atoms with Crippen molar-refractivity contribution in [2.24, 2.45) is 11.8 Å². The van der Waals surface area contributed by atoms with E-state index >= 15 is 0 Å². The normalized spacial score (nSPS) is 25.6. The molecule has 108 valence electrons. The molecule has 0 aliphatic heterocycles. The maximum atomic E-state index is 11.6. The first-order valence-electron chi connectivity index (χ1n) is 7.34. The van der Waals surface area contributed by atoms with E-state index in [-0.39, 0.29) is 11.0 Å². The summed E-state index contributed by atoms with van der Waals surface area (Å²) >= 11 is 0. The van der Waals surface area contributed by atoms with E-state index in [2.05, 4.69) is 12.2 Å². The van der Waals surface area contributed by atoms with Gasteiger partial charge in [-0.1, -0.05) is 26.2 Å². The molecule has 1 fully saturated rings. The molecule has 0 aromatic carbocycles. The molecule has 0 bridgehead atoms. The summed E-state index contributed by atoms with van der Waals surface area (Å²) in [7, 11) is -2.87. The lowest BCUT2D eigenvalue weighted by Gasteiger charge is -2.26. The molecule has 2 unspecified atom stereocenters. The van der Waals surface area contributed by atoms with Gasteiger partial charge in [0, 0.05) is 6.54 Å². The monoisotopic (exact) mass is 275 g/mol. The van der Waals surface area contributed by atoms with E-state index in [9.17, 15) is 8.42 Å². The van der Waals surface area contributed by atoms with Crippen molar-refractivity contribution in [3.63, 3.8) is 0 Å². The topological polar surface area (TPSA) is 46.2 Å². The molecule has 1 rings (SSSR count). The van der Waals surface area contributed by atoms with Gasteiger partial charge < -0.3 is 5.32 Å². The number of sulfone groups is 1. The van der Waals surface area contributed by atoms with Crippen molar-refractivity contribution in [3.8, 4) is 0 Å². The van der Waals surface area contributed by atoms with Crippen LogP contribution in [0.4, 0.5) is 0 Å². The molecular formula is C14H29NO2S. The molecule has 1 aliphatic rings. The summed E-state index contributed by atoms with van der Waals surface area (Å²) in [6.07, 6.45) is 6.67. The van der Waals surface area contributed by atoms with E-state index < -0.39 is 9.84 Å². The van der Waals surface area contributed by atoms with E-state index in [0.29, 0.717) is 6.54 Å². The molecule has 2 atom stereocenters. The first kappa shape index (κ1) is 16.0. The Hall–Kier alpha value is -0.0900. The van der Waals surface area contributed by atoms with Crippen molar-refractivity contribution in [1.29, 1.82) is 0 Å². The van der Waals surface area contributed by atoms with Crippen molar-refractivity contribution in [2.75, 3.05) is 18.8 Å². The van der Waals surface area contributed by atoms with Gasteiger partial charge >= 0.3 is 0 Å². The van der Waals surface area contributed by atoms with E-state index in [1.165, 1.54) is 32.1 Å². The lowest BCUT2D eigenvalue weighted by molar-refractivity contribution is 0.268. The third kappa shape index (κ3) is 5.70. The van der Waals surface area contributed by atoms with E-state index in [1.807, 2.05) is 0 Å². The number of hydrogen-bond acceptors (Lipinski definition) is 3. The summed E-state index contributed by atoms with van der Waals surface area (Å²) in [6.45, 7) is 7.40. The van der Waals surface area contributed by atoms with Crippen LogP contribution in [0.25, 0.3) is 0 Å². The average Bonchev–Trinajstić information content (AvgIpc) is 2.28. The molecule has 0 aromatic rings. The Morgan fingerprint density at radius 2 is 1.94 bits per heavy atom. The van der Waals surface area contributed by atoms with Crippen LogP contribution in [0, 0.1) is 11.8 Å². The lowest BCUT2D eigenvalue weighted by Crippen LogP contribution is -2.29. The Morgan fingerprint density at radius 3 is 2.56 bits per heavy atom. The van der Waals surface area contributed by atoms with E-state index in [1.54, 1.807) is 13.8 Å². The van der Waals surface area contributed by atoms with Crippen LogP contribution in [0.3, 0.4) is 0 Å². The maximum Gasteiger partial charge on any atom is 0.153 e. The van der Waals surface area contributed by atoms with Crippen LogP contribution in [-0.2, 0) is 9.84 Å². The zero-order chi connectivity index (χ0) is 13.6. The fourth-order valence-electron chi connectivity index (χ4n) is 2.70. The van der Waals surface area contributed by atoms with Gasteiger partial charge in [0.1, 0.15) is 0 Å². The van der Waals surface area contributed by atoms with Gasteiger partial charge in [-0.15, -0.1) is 0 Å². The summed E-state index contributed by atoms with van der Waals surface area (Å²) in [5, 5.41) is 3.03. The highest BCUT2D eigenvalue weighted by molar-refractivity contribution is 7.92. The second-order valence-corrected chi connectivity index (χ2v) is 8.77. The summed E-state index contributed by atoms with van der Waals surface area (Å²) in [5.74, 6) is 2.00. The van der Waals surface area contributed by atoms with E-state index in [0.717, 1.165) is 18.4 Å². The van der Waals surface area contributed by atoms with Crippen molar-refractivity contribution >= 4 is 9.84 Å². The predicted octanol–water partition coefficient (Wildman–Crippen LogP) is 2.62. The first-order valence-corrected chi connectivity index (χ1v) is 9.05. The quantitative estimate of drug-likeness (QED) is 0.727. The molecule has 0 heterocycles. The highest BCUT2D eigenvalue weighted by Crippen LogP contribution is 2.30. The van der Waals surface area contributed by atoms with Gasteiger partial charge in [0.25, 0.3) is 0 Å². The average molecular weight is 275 g/mol. The predicted molar refractivity (Wildman–Crippen MR) is 77.5 cm³/mol. The molecule has 0 radical (unpaired) electrons. The largest absolute Gasteiger partial charge is 0.316 e. The molecule has 3 nitrogen and oxygen atoms in total. The van der Waals surface area contributed by atoms with Crippen LogP contribution < -0.4 is 5.32 Å². The second kappa shape index (κ2) is 7.49. The minimum absolute atomic E-state index is 0.251. The van der Waals surface area contributed by atoms with Crippen LogP contribution >= 0.6 is 0 Å². The van der Waals surface area contributed by atoms with Crippen molar-refractivity contribution in [1.82, 2.24) is 5.32 Å². The Labute approximate surface area is 113 Å². The Morgan fingerprint density at radius 1 is 1.22 bits per heavy atom. The second-order valence-electron chi connectivity index (χ2n) is 6.09. The first-order chi connectivity index (χ1) is 8.42. The van der Waals surface area contributed by atoms with Crippen LogP contribution in [-0.4, -0.2) is 32.5 Å². The molecule has 0 saturated heterocycles. The fourth-order valence-corrected chi connectivity index (χ4v) is 3.60. The standard InChI is InChI=1S/C14H29NO2S/c1-12(2)18(16,17)10-9-15-8-7-14-6-4-5-13(3)11-14/h12-15H,4-11H2,1-3H3. The smallest absolute Gasteiger partial charge is 0.153 e. The molecule has 1 saturated carbocycles. The van der Waals surface area contributed by atoms with Crippen molar-refractivity contribution < 1.29 is 8.42 Å². The van der Waals surface area contributed by atoms with Crippen LogP contribution in [0.1, 0.15) is 52.9 Å². The maximum absolute atomic E-state index is 11.6. The van der Waals surface area contributed by atoms with Crippen LogP contribution in [0.2, 0.25) is 0 Å². The molecule has 18 heavy (non-hydrogen) atoms. The van der Waals surface area contributed by atoms with Crippen LogP contribution in [0.5, 0.6) is 0 Å². The third-order valence-electron chi connectivity index (χ3n) is 4.06. The molecule has 4 heteroatoms. The fraction of sp³-hybridized carbons (Fsp3) is 1.00. The summed E-state index contributed by atoms with van der Waals surface area (Å²) < 4.78 is 23.2. The highest BCUT2D eigenvalue weighted by Gasteiger charge is 2.18. The van der Waals surface area contributed by atoms with Gasteiger partial charge in [-0.3, -0.25) is 0 Å². The molecule has 0 amide bonds. The zero-order valence-electron chi connectivity index (χ0n) is 12.1. The Bertz CT molecular complexity index is 325. The van der Waals surface area contributed by atoms with Gasteiger partial charge in [0.05, 0.1) is 11.0 Å². The summed E-state index contributed by atoms with van der Waals surface area (Å²) in [6, 6.07) is 0. The Balaban J connectivity index is 2.08. The summed E-state index contributed by atoms with van der Waals surface area (Å²) in [4.78, 5) is 0. The molecular weight excluding hydrogens is 246 g/mol. The molecule has 0 aromatic heterocycles. The van der Waals surface area contributed by atoms with Gasteiger partial charge in [-0.25, -0.2) is 8.42 Å². The Kier molecular flexibility index (Phi) is 6.64. The minimum atomic E-state index is -2.87. The minimum Gasteiger partial charge on any atom is -0.316 e. The van der Waals surface area contributed by atoms with Gasteiger partial charge in [-0.2, -0.15) is 0 Å². The highest BCUT2D eigenvalue weighted by atomic mass is 32.2. The van der Waals surface area contributed by atoms with Gasteiger partial charge in [0.2, 0.25) is 0 Å². The van der Waals surface area contributed by atoms with Gasteiger partial charge in [-0.05, 0) is 45.1 Å². The molecule has 1 N–H and O–H groups in total. The van der Waals surface area contributed by atoms with E-state index in [4.69, 9.17) is 0 Å². The lowest BCUT2D eigenvalue weighted by atomic mass is 9.81. The molecule has 0 spiro atoms. The third-order valence-corrected chi connectivity index (χ3v) is 6.27. The van der Waals surface area contributed by atoms with Gasteiger partial charge in [0.15, 0.2) is 9.84 Å². The number of hydrogen-bond donors (Lipinski definition) is 1. The van der Waals surface area contributed by atoms with Crippen molar-refractivity contribution in [3.05, 3.63) is 0 Å². The SMILES string of the molecule is CC1CCCC(CCNCCS(=O)(=O)C(C)C)C1. The zero-order valence-corrected chi connectivity index (χ0v) is 12.9. The summed E-state index contributed by atoms with van der Waals surface area (Å²) in [5.41, 5.74) is 0. The number of nitrogens with one attached hydrogen (secondary N) is 1. The van der Waals surface area contributed by atoms with Crippen molar-refractivity contribution in [2.45, 2.75) is 58.1 Å². The molecule has 1 aliphatic carbocycles. The van der Waals surface area contributed by atoms with Crippen LogP contribution in [0.15, 0.2) is 0 Å². The number of rotatable bonds is 7.